The van der Waals surface area contributed by atoms with Crippen molar-refractivity contribution >= 4 is 11.9 Å². The number of nitrogens with zero attached hydrogens (tertiary/aromatic N) is 2. The highest BCUT2D eigenvalue weighted by atomic mass is 19.4. The van der Waals surface area contributed by atoms with Crippen LogP contribution in [0, 0.1) is 11.3 Å². The third kappa shape index (κ3) is 5.75. The van der Waals surface area contributed by atoms with E-state index < -0.39 is 12.1 Å². The molecule has 0 unspecified atom stereocenters. The van der Waals surface area contributed by atoms with Crippen LogP contribution in [0.5, 0.6) is 5.88 Å². The van der Waals surface area contributed by atoms with Crippen molar-refractivity contribution in [1.82, 2.24) is 9.88 Å². The lowest BCUT2D eigenvalue weighted by atomic mass is 9.82. The van der Waals surface area contributed by atoms with E-state index in [-0.39, 0.29) is 11.3 Å². The summed E-state index contributed by atoms with van der Waals surface area (Å²) in [5, 5.41) is 7.12. The number of amides is 1. The van der Waals surface area contributed by atoms with Gasteiger partial charge in [-0.25, -0.2) is 9.78 Å². The highest BCUT2D eigenvalue weighted by Crippen LogP contribution is 2.41. The standard InChI is InChI=1S/C18H20N2O4.C2HF3O2/c21-17(8-15-4-3-7-23-15)20-9-14-10-22-12-18(14,11-20)13-24-16-5-1-2-6-19-16;3-2(4,5)1(6)7/h1-7,14H,8-13H2;(H,6,7)/t14-,18+;/m1./s1. The molecule has 11 heteroatoms. The van der Waals surface area contributed by atoms with E-state index in [2.05, 4.69) is 4.98 Å². The maximum atomic E-state index is 12.5. The van der Waals surface area contributed by atoms with Gasteiger partial charge in [0.2, 0.25) is 11.8 Å². The summed E-state index contributed by atoms with van der Waals surface area (Å²) in [7, 11) is 0. The summed E-state index contributed by atoms with van der Waals surface area (Å²) < 4.78 is 48.6. The van der Waals surface area contributed by atoms with E-state index in [0.29, 0.717) is 56.9 Å². The van der Waals surface area contributed by atoms with Crippen LogP contribution in [-0.4, -0.2) is 66.0 Å². The van der Waals surface area contributed by atoms with Crippen molar-refractivity contribution in [1.29, 1.82) is 0 Å². The second-order valence-corrected chi connectivity index (χ2v) is 7.36. The Morgan fingerprint density at radius 2 is 2.06 bits per heavy atom. The predicted molar refractivity (Wildman–Crippen MR) is 99.2 cm³/mol. The zero-order valence-corrected chi connectivity index (χ0v) is 16.4. The zero-order valence-electron chi connectivity index (χ0n) is 16.4. The van der Waals surface area contributed by atoms with E-state index >= 15 is 0 Å². The third-order valence-corrected chi connectivity index (χ3v) is 5.17. The summed E-state index contributed by atoms with van der Waals surface area (Å²) in [5.41, 5.74) is -0.143. The number of fused-ring (bicyclic) bond motifs is 1. The average Bonchev–Trinajstić information content (AvgIpc) is 3.43. The molecule has 4 heterocycles. The molecule has 0 radical (unpaired) electrons. The van der Waals surface area contributed by atoms with Crippen molar-refractivity contribution in [2.75, 3.05) is 32.9 Å². The fourth-order valence-electron chi connectivity index (χ4n) is 3.55. The molecular weight excluding hydrogens is 421 g/mol. The summed E-state index contributed by atoms with van der Waals surface area (Å²) in [6, 6.07) is 9.24. The molecule has 0 aromatic carbocycles. The number of carbonyl (C=O) groups is 2. The quantitative estimate of drug-likeness (QED) is 0.759. The van der Waals surface area contributed by atoms with Gasteiger partial charge in [-0.15, -0.1) is 0 Å². The molecule has 1 N–H and O–H groups in total. The molecule has 0 spiro atoms. The Morgan fingerprint density at radius 3 is 2.68 bits per heavy atom. The van der Waals surface area contributed by atoms with Crippen LogP contribution in [-0.2, 0) is 20.7 Å². The molecular formula is C20H21F3N2O6. The molecule has 31 heavy (non-hydrogen) atoms. The maximum Gasteiger partial charge on any atom is 0.490 e. The van der Waals surface area contributed by atoms with Crippen molar-refractivity contribution in [3.05, 3.63) is 48.6 Å². The fraction of sp³-hybridized carbons (Fsp3) is 0.450. The van der Waals surface area contributed by atoms with Crippen LogP contribution in [0.3, 0.4) is 0 Å². The van der Waals surface area contributed by atoms with Gasteiger partial charge in [0, 0.05) is 31.3 Å². The number of halogens is 3. The molecule has 0 saturated carbocycles. The Labute approximate surface area is 175 Å². The van der Waals surface area contributed by atoms with Gasteiger partial charge in [0.25, 0.3) is 0 Å². The third-order valence-electron chi connectivity index (χ3n) is 5.17. The van der Waals surface area contributed by atoms with Gasteiger partial charge in [0.05, 0.1) is 37.9 Å². The lowest BCUT2D eigenvalue weighted by Crippen LogP contribution is -2.38. The van der Waals surface area contributed by atoms with E-state index in [1.54, 1.807) is 18.5 Å². The average molecular weight is 442 g/mol. The molecule has 8 nitrogen and oxygen atoms in total. The van der Waals surface area contributed by atoms with E-state index in [1.165, 1.54) is 0 Å². The van der Waals surface area contributed by atoms with Crippen molar-refractivity contribution in [2.45, 2.75) is 12.6 Å². The van der Waals surface area contributed by atoms with Gasteiger partial charge < -0.3 is 23.9 Å². The molecule has 0 aliphatic carbocycles. The van der Waals surface area contributed by atoms with Crippen molar-refractivity contribution in [3.63, 3.8) is 0 Å². The second-order valence-electron chi connectivity index (χ2n) is 7.36. The first-order chi connectivity index (χ1) is 14.7. The van der Waals surface area contributed by atoms with Crippen LogP contribution in [0.25, 0.3) is 0 Å². The number of carboxylic acid groups (broad SMARTS) is 1. The summed E-state index contributed by atoms with van der Waals surface area (Å²) in [4.78, 5) is 27.5. The number of likely N-dealkylation sites (tertiary alicyclic amines) is 1. The minimum absolute atomic E-state index is 0.0940. The highest BCUT2D eigenvalue weighted by molar-refractivity contribution is 5.78. The molecule has 2 aliphatic rings. The molecule has 2 aliphatic heterocycles. The van der Waals surface area contributed by atoms with Gasteiger partial charge in [-0.1, -0.05) is 6.07 Å². The number of hydrogen-bond acceptors (Lipinski definition) is 6. The van der Waals surface area contributed by atoms with Crippen molar-refractivity contribution in [2.24, 2.45) is 11.3 Å². The van der Waals surface area contributed by atoms with Crippen LogP contribution in [0.4, 0.5) is 13.2 Å². The summed E-state index contributed by atoms with van der Waals surface area (Å²) in [6.45, 7) is 3.18. The molecule has 168 valence electrons. The Hall–Kier alpha value is -3.08. The fourth-order valence-corrected chi connectivity index (χ4v) is 3.55. The van der Waals surface area contributed by atoms with E-state index in [9.17, 15) is 18.0 Å². The Balaban J connectivity index is 0.000000339. The molecule has 2 atom stereocenters. The SMILES string of the molecule is O=C(Cc1ccco1)N1C[C@@H]2COC[C@]2(COc2ccccn2)C1.O=C(O)C(F)(F)F. The lowest BCUT2D eigenvalue weighted by molar-refractivity contribution is -0.192. The van der Waals surface area contributed by atoms with Crippen LogP contribution >= 0.6 is 0 Å². The van der Waals surface area contributed by atoms with Gasteiger partial charge in [-0.05, 0) is 18.2 Å². The number of alkyl halides is 3. The van der Waals surface area contributed by atoms with E-state index in [4.69, 9.17) is 23.8 Å². The Morgan fingerprint density at radius 1 is 1.29 bits per heavy atom. The monoisotopic (exact) mass is 442 g/mol. The minimum Gasteiger partial charge on any atom is -0.477 e. The van der Waals surface area contributed by atoms with Crippen LogP contribution in [0.15, 0.2) is 47.2 Å². The van der Waals surface area contributed by atoms with Gasteiger partial charge in [0.1, 0.15) is 5.76 Å². The lowest BCUT2D eigenvalue weighted by Gasteiger charge is -2.26. The van der Waals surface area contributed by atoms with Gasteiger partial charge >= 0.3 is 12.1 Å². The molecule has 2 aromatic rings. The van der Waals surface area contributed by atoms with Crippen LogP contribution < -0.4 is 4.74 Å². The molecule has 2 aromatic heterocycles. The number of aromatic nitrogens is 1. The summed E-state index contributed by atoms with van der Waals surface area (Å²) in [5.74, 6) is -1.05. The second kappa shape index (κ2) is 9.38. The first-order valence-electron chi connectivity index (χ1n) is 9.41. The number of rotatable bonds is 5. The van der Waals surface area contributed by atoms with Crippen LogP contribution in [0.1, 0.15) is 5.76 Å². The van der Waals surface area contributed by atoms with Gasteiger partial charge in [-0.3, -0.25) is 4.79 Å². The Kier molecular flexibility index (Phi) is 6.84. The maximum absolute atomic E-state index is 12.5. The van der Waals surface area contributed by atoms with Gasteiger partial charge in [0.15, 0.2) is 0 Å². The number of carbonyl (C=O) groups excluding carboxylic acids is 1. The molecule has 0 bridgehead atoms. The summed E-state index contributed by atoms with van der Waals surface area (Å²) >= 11 is 0. The number of ether oxygens (including phenoxy) is 2. The molecule has 2 saturated heterocycles. The smallest absolute Gasteiger partial charge is 0.477 e. The minimum atomic E-state index is -5.08. The number of hydrogen-bond donors (Lipinski definition) is 1. The van der Waals surface area contributed by atoms with Gasteiger partial charge in [-0.2, -0.15) is 13.2 Å². The van der Waals surface area contributed by atoms with E-state index in [1.807, 2.05) is 29.2 Å². The number of aliphatic carboxylic acids is 1. The topological polar surface area (TPSA) is 102 Å². The van der Waals surface area contributed by atoms with Crippen molar-refractivity contribution in [3.8, 4) is 5.88 Å². The largest absolute Gasteiger partial charge is 0.490 e. The Bertz CT molecular complexity index is 875. The van der Waals surface area contributed by atoms with Crippen molar-refractivity contribution < 1.29 is 41.8 Å². The zero-order chi connectivity index (χ0) is 22.5. The van der Waals surface area contributed by atoms with Crippen LogP contribution in [0.2, 0.25) is 0 Å². The number of pyridine rings is 1. The first kappa shape index (κ1) is 22.6. The normalized spacial score (nSPS) is 22.4. The van der Waals surface area contributed by atoms with E-state index in [0.717, 1.165) is 0 Å². The molecule has 2 fully saturated rings. The predicted octanol–water partition coefficient (Wildman–Crippen LogP) is 2.40. The first-order valence-corrected chi connectivity index (χ1v) is 9.41. The molecule has 1 amide bonds. The summed E-state index contributed by atoms with van der Waals surface area (Å²) in [6.07, 6.45) is -1.47. The molecule has 4 rings (SSSR count). The highest BCUT2D eigenvalue weighted by Gasteiger charge is 2.52. The number of furan rings is 1. The number of carboxylic acids is 1.